The molecule has 0 saturated carbocycles. The third-order valence-corrected chi connectivity index (χ3v) is 7.46. The molecule has 0 radical (unpaired) electrons. The molecule has 1 amide bonds. The van der Waals surface area contributed by atoms with Gasteiger partial charge < -0.3 is 10.1 Å². The van der Waals surface area contributed by atoms with Gasteiger partial charge in [-0.15, -0.1) is 0 Å². The molecule has 6 nitrogen and oxygen atoms in total. The molecular formula is C21H25BrN2O4S. The lowest BCUT2D eigenvalue weighted by Crippen LogP contribution is -2.42. The highest BCUT2D eigenvalue weighted by Gasteiger charge is 2.37. The summed E-state index contributed by atoms with van der Waals surface area (Å²) in [6.07, 6.45) is 1.42. The Hall–Kier alpha value is -1.74. The first-order valence-corrected chi connectivity index (χ1v) is 11.8. The number of methoxy groups -OCH3 is 1. The number of ether oxygens (including phenoxy) is 1. The molecule has 156 valence electrons. The Labute approximate surface area is 180 Å². The van der Waals surface area contributed by atoms with Gasteiger partial charge in [0.25, 0.3) is 0 Å². The second-order valence-electron chi connectivity index (χ2n) is 6.93. The Bertz CT molecular complexity index is 947. The maximum absolute atomic E-state index is 13.4. The van der Waals surface area contributed by atoms with Crippen molar-refractivity contribution < 1.29 is 17.9 Å². The van der Waals surface area contributed by atoms with E-state index in [4.69, 9.17) is 4.74 Å². The minimum atomic E-state index is -3.73. The number of halogens is 1. The third kappa shape index (κ3) is 5.25. The third-order valence-electron chi connectivity index (χ3n) is 5.01. The number of nitrogens with zero attached hydrogens (tertiary/aromatic N) is 1. The van der Waals surface area contributed by atoms with E-state index < -0.39 is 16.1 Å². The van der Waals surface area contributed by atoms with Gasteiger partial charge in [0.1, 0.15) is 0 Å². The maximum atomic E-state index is 13.4. The predicted molar refractivity (Wildman–Crippen MR) is 115 cm³/mol. The largest absolute Gasteiger partial charge is 0.385 e. The van der Waals surface area contributed by atoms with Crippen LogP contribution in [0.15, 0.2) is 57.9 Å². The molecule has 1 aliphatic heterocycles. The van der Waals surface area contributed by atoms with E-state index >= 15 is 0 Å². The zero-order valence-electron chi connectivity index (χ0n) is 16.3. The van der Waals surface area contributed by atoms with E-state index in [2.05, 4.69) is 21.2 Å². The summed E-state index contributed by atoms with van der Waals surface area (Å²) in [7, 11) is -2.12. The first-order valence-electron chi connectivity index (χ1n) is 9.54. The van der Waals surface area contributed by atoms with E-state index in [1.165, 1.54) is 4.31 Å². The van der Waals surface area contributed by atoms with E-state index in [-0.39, 0.29) is 17.2 Å². The Kier molecular flexibility index (Phi) is 7.45. The molecule has 29 heavy (non-hydrogen) atoms. The van der Waals surface area contributed by atoms with E-state index in [1.807, 2.05) is 24.3 Å². The Balaban J connectivity index is 1.87. The lowest BCUT2D eigenvalue weighted by Gasteiger charge is -2.36. The van der Waals surface area contributed by atoms with Crippen LogP contribution in [0, 0.1) is 0 Å². The van der Waals surface area contributed by atoms with Crippen molar-refractivity contribution in [1.82, 2.24) is 9.62 Å². The highest BCUT2D eigenvalue weighted by Crippen LogP contribution is 2.36. The molecule has 1 heterocycles. The summed E-state index contributed by atoms with van der Waals surface area (Å²) < 4.78 is 34.0. The Morgan fingerprint density at radius 3 is 2.66 bits per heavy atom. The predicted octanol–water partition coefficient (Wildman–Crippen LogP) is 3.28. The van der Waals surface area contributed by atoms with E-state index in [0.29, 0.717) is 32.5 Å². The second kappa shape index (κ2) is 9.84. The van der Waals surface area contributed by atoms with Crippen molar-refractivity contribution in [2.45, 2.75) is 30.2 Å². The Morgan fingerprint density at radius 2 is 1.93 bits per heavy atom. The highest BCUT2D eigenvalue weighted by atomic mass is 79.9. The lowest BCUT2D eigenvalue weighted by atomic mass is 9.92. The lowest BCUT2D eigenvalue weighted by molar-refractivity contribution is -0.122. The summed E-state index contributed by atoms with van der Waals surface area (Å²) in [6, 6.07) is 13.8. The van der Waals surface area contributed by atoms with Gasteiger partial charge in [0.2, 0.25) is 15.9 Å². The van der Waals surface area contributed by atoms with Crippen molar-refractivity contribution in [1.29, 1.82) is 0 Å². The van der Waals surface area contributed by atoms with Crippen molar-refractivity contribution in [3.05, 3.63) is 64.1 Å². The van der Waals surface area contributed by atoms with Crippen LogP contribution in [0.5, 0.6) is 0 Å². The number of carbonyl (C=O) groups excluding carboxylic acids is 1. The number of rotatable bonds is 8. The summed E-state index contributed by atoms with van der Waals surface area (Å²) >= 11 is 3.34. The minimum Gasteiger partial charge on any atom is -0.385 e. The number of hydrogen-bond donors (Lipinski definition) is 1. The molecular weight excluding hydrogens is 456 g/mol. The van der Waals surface area contributed by atoms with Gasteiger partial charge in [-0.05, 0) is 48.2 Å². The van der Waals surface area contributed by atoms with Crippen LogP contribution in [0.25, 0.3) is 0 Å². The summed E-state index contributed by atoms with van der Waals surface area (Å²) in [5.41, 5.74) is 1.98. The maximum Gasteiger partial charge on any atom is 0.243 e. The molecule has 0 fully saturated rings. The van der Waals surface area contributed by atoms with Crippen molar-refractivity contribution in [2.24, 2.45) is 0 Å². The summed E-state index contributed by atoms with van der Waals surface area (Å²) in [5, 5.41) is 2.87. The highest BCUT2D eigenvalue weighted by molar-refractivity contribution is 9.10. The molecule has 8 heteroatoms. The van der Waals surface area contributed by atoms with E-state index in [0.717, 1.165) is 15.6 Å². The molecule has 1 atom stereocenters. The smallest absolute Gasteiger partial charge is 0.243 e. The van der Waals surface area contributed by atoms with Crippen molar-refractivity contribution in [2.75, 3.05) is 26.8 Å². The van der Waals surface area contributed by atoms with Crippen LogP contribution in [0.2, 0.25) is 0 Å². The molecule has 0 aliphatic carbocycles. The van der Waals surface area contributed by atoms with Crippen LogP contribution in [-0.4, -0.2) is 45.4 Å². The van der Waals surface area contributed by atoms with Gasteiger partial charge in [-0.2, -0.15) is 4.31 Å². The molecule has 3 rings (SSSR count). The standard InChI is InChI=1S/C21H25BrN2O4S/c1-28-14-4-12-23-21(25)15-20-19-6-3-2-5-16(19)11-13-24(20)29(26,27)18-9-7-17(22)8-10-18/h2-3,5-10,20H,4,11-15H2,1H3,(H,23,25). The van der Waals surface area contributed by atoms with Crippen LogP contribution in [0.1, 0.15) is 30.0 Å². The quantitative estimate of drug-likeness (QED) is 0.588. The average Bonchev–Trinajstić information content (AvgIpc) is 2.71. The molecule has 1 unspecified atom stereocenters. The first kappa shape index (κ1) is 22.0. The fourth-order valence-corrected chi connectivity index (χ4v) is 5.43. The minimum absolute atomic E-state index is 0.0831. The van der Waals surface area contributed by atoms with Gasteiger partial charge in [0.05, 0.1) is 10.9 Å². The number of amides is 1. The normalized spacial score (nSPS) is 17.0. The molecule has 0 bridgehead atoms. The Morgan fingerprint density at radius 1 is 1.21 bits per heavy atom. The number of carbonyl (C=O) groups is 1. The van der Waals surface area contributed by atoms with Gasteiger partial charge in [-0.25, -0.2) is 8.42 Å². The SMILES string of the molecule is COCCCNC(=O)CC1c2ccccc2CCN1S(=O)(=O)c1ccc(Br)cc1. The zero-order chi connectivity index (χ0) is 20.9. The van der Waals surface area contributed by atoms with Crippen molar-refractivity contribution in [3.8, 4) is 0 Å². The zero-order valence-corrected chi connectivity index (χ0v) is 18.7. The van der Waals surface area contributed by atoms with Crippen LogP contribution < -0.4 is 5.32 Å². The van der Waals surface area contributed by atoms with Crippen molar-refractivity contribution >= 4 is 31.9 Å². The summed E-state index contributed by atoms with van der Waals surface area (Å²) in [6.45, 7) is 1.41. The molecule has 0 saturated heterocycles. The summed E-state index contributed by atoms with van der Waals surface area (Å²) in [4.78, 5) is 12.8. The van der Waals surface area contributed by atoms with Crippen LogP contribution in [-0.2, 0) is 26.0 Å². The van der Waals surface area contributed by atoms with E-state index in [9.17, 15) is 13.2 Å². The number of nitrogens with one attached hydrogen (secondary N) is 1. The van der Waals surface area contributed by atoms with Gasteiger partial charge >= 0.3 is 0 Å². The molecule has 2 aromatic carbocycles. The van der Waals surface area contributed by atoms with Crippen LogP contribution >= 0.6 is 15.9 Å². The number of hydrogen-bond acceptors (Lipinski definition) is 4. The molecule has 0 aromatic heterocycles. The number of sulfonamides is 1. The van der Waals surface area contributed by atoms with Crippen molar-refractivity contribution in [3.63, 3.8) is 0 Å². The van der Waals surface area contributed by atoms with Gasteiger partial charge in [-0.3, -0.25) is 4.79 Å². The van der Waals surface area contributed by atoms with E-state index in [1.54, 1.807) is 31.4 Å². The molecule has 0 spiro atoms. The summed E-state index contributed by atoms with van der Waals surface area (Å²) in [5.74, 6) is -0.168. The molecule has 1 N–H and O–H groups in total. The fraction of sp³-hybridized carbons (Fsp3) is 0.381. The second-order valence-corrected chi connectivity index (χ2v) is 9.74. The van der Waals surface area contributed by atoms with Crippen LogP contribution in [0.4, 0.5) is 0 Å². The van der Waals surface area contributed by atoms with Gasteiger partial charge in [-0.1, -0.05) is 40.2 Å². The first-order chi connectivity index (χ1) is 13.9. The number of benzene rings is 2. The fourth-order valence-electron chi connectivity index (χ4n) is 3.56. The number of fused-ring (bicyclic) bond motifs is 1. The topological polar surface area (TPSA) is 75.7 Å². The van der Waals surface area contributed by atoms with Gasteiger partial charge in [0.15, 0.2) is 0 Å². The average molecular weight is 481 g/mol. The monoisotopic (exact) mass is 480 g/mol. The van der Waals surface area contributed by atoms with Crippen LogP contribution in [0.3, 0.4) is 0 Å². The molecule has 1 aliphatic rings. The van der Waals surface area contributed by atoms with Gasteiger partial charge in [0, 0.05) is 37.7 Å². The molecule has 2 aromatic rings.